The van der Waals surface area contributed by atoms with Gasteiger partial charge in [0.25, 0.3) is 5.91 Å². The fourth-order valence-corrected chi connectivity index (χ4v) is 2.32. The molecule has 1 fully saturated rings. The second-order valence-electron chi connectivity index (χ2n) is 5.00. The highest BCUT2D eigenvalue weighted by atomic mass is 19.4. The first-order chi connectivity index (χ1) is 10.4. The molecule has 2 rings (SSSR count). The number of halogens is 3. The van der Waals surface area contributed by atoms with E-state index in [0.717, 1.165) is 6.07 Å². The standard InChI is InChI=1S/C13H17F3N4O2/c14-13(15,16)10(20-5-3-17-4-6-20)8-19-12(22)9-1-2-18-11(21)7-9/h1-2,7,10,17H,3-6,8H2,(H,18,21)(H,19,22). The number of hydrogen-bond donors (Lipinski definition) is 3. The summed E-state index contributed by atoms with van der Waals surface area (Å²) in [6.45, 7) is 0.953. The zero-order valence-corrected chi connectivity index (χ0v) is 11.7. The van der Waals surface area contributed by atoms with Gasteiger partial charge in [-0.15, -0.1) is 0 Å². The summed E-state index contributed by atoms with van der Waals surface area (Å²) in [6, 6.07) is 0.646. The van der Waals surface area contributed by atoms with E-state index in [1.54, 1.807) is 0 Å². The van der Waals surface area contributed by atoms with E-state index in [0.29, 0.717) is 13.1 Å². The Kier molecular flexibility index (Phi) is 5.19. The first-order valence-electron chi connectivity index (χ1n) is 6.86. The van der Waals surface area contributed by atoms with E-state index < -0.39 is 30.2 Å². The second kappa shape index (κ2) is 6.93. The molecule has 1 amide bonds. The van der Waals surface area contributed by atoms with Crippen LogP contribution in [0.3, 0.4) is 0 Å². The maximum absolute atomic E-state index is 13.2. The quantitative estimate of drug-likeness (QED) is 0.727. The first kappa shape index (κ1) is 16.5. The number of nitrogens with one attached hydrogen (secondary N) is 3. The SMILES string of the molecule is O=C(NCC(N1CCNCC1)C(F)(F)F)c1cc[nH]c(=O)c1. The maximum Gasteiger partial charge on any atom is 0.405 e. The minimum atomic E-state index is -4.43. The highest BCUT2D eigenvalue weighted by Gasteiger charge is 2.43. The number of rotatable bonds is 4. The van der Waals surface area contributed by atoms with E-state index in [1.165, 1.54) is 17.2 Å². The molecule has 2 heterocycles. The van der Waals surface area contributed by atoms with Gasteiger partial charge in [-0.2, -0.15) is 13.2 Å². The Labute approximate surface area is 124 Å². The fourth-order valence-electron chi connectivity index (χ4n) is 2.32. The van der Waals surface area contributed by atoms with Crippen LogP contribution >= 0.6 is 0 Å². The van der Waals surface area contributed by atoms with Crippen LogP contribution in [0.4, 0.5) is 13.2 Å². The van der Waals surface area contributed by atoms with Gasteiger partial charge in [-0.1, -0.05) is 0 Å². The molecule has 1 unspecified atom stereocenters. The summed E-state index contributed by atoms with van der Waals surface area (Å²) in [5.41, 5.74) is -0.452. The Morgan fingerprint density at radius 2 is 2.05 bits per heavy atom. The number of carbonyl (C=O) groups excluding carboxylic acids is 1. The Hall–Kier alpha value is -1.87. The molecule has 6 nitrogen and oxygen atoms in total. The van der Waals surface area contributed by atoms with Crippen molar-refractivity contribution >= 4 is 5.91 Å². The number of H-pyrrole nitrogens is 1. The Bertz CT molecular complexity index is 567. The zero-order valence-electron chi connectivity index (χ0n) is 11.7. The molecule has 3 N–H and O–H groups in total. The maximum atomic E-state index is 13.2. The lowest BCUT2D eigenvalue weighted by Gasteiger charge is -2.35. The average Bonchev–Trinajstić information content (AvgIpc) is 2.47. The van der Waals surface area contributed by atoms with Crippen LogP contribution in [0.25, 0.3) is 0 Å². The van der Waals surface area contributed by atoms with Gasteiger partial charge in [-0.25, -0.2) is 0 Å². The normalized spacial score (nSPS) is 18.0. The van der Waals surface area contributed by atoms with E-state index in [-0.39, 0.29) is 18.7 Å². The van der Waals surface area contributed by atoms with Crippen molar-refractivity contribution in [2.45, 2.75) is 12.2 Å². The first-order valence-corrected chi connectivity index (χ1v) is 6.86. The number of nitrogens with zero attached hydrogens (tertiary/aromatic N) is 1. The van der Waals surface area contributed by atoms with E-state index >= 15 is 0 Å². The predicted octanol–water partition coefficient (Wildman–Crippen LogP) is -0.0592. The summed E-state index contributed by atoms with van der Waals surface area (Å²) >= 11 is 0. The molecule has 22 heavy (non-hydrogen) atoms. The summed E-state index contributed by atoms with van der Waals surface area (Å²) in [7, 11) is 0. The Balaban J connectivity index is 2.01. The lowest BCUT2D eigenvalue weighted by atomic mass is 10.2. The molecule has 1 atom stereocenters. The van der Waals surface area contributed by atoms with Crippen molar-refractivity contribution in [2.24, 2.45) is 0 Å². The third-order valence-corrected chi connectivity index (χ3v) is 3.46. The summed E-state index contributed by atoms with van der Waals surface area (Å²) in [4.78, 5) is 26.6. The summed E-state index contributed by atoms with van der Waals surface area (Å²) in [5.74, 6) is -0.699. The summed E-state index contributed by atoms with van der Waals surface area (Å²) < 4.78 is 39.5. The van der Waals surface area contributed by atoms with Crippen LogP contribution in [0.5, 0.6) is 0 Å². The molecule has 1 aromatic rings. The summed E-state index contributed by atoms with van der Waals surface area (Å²) in [5, 5.41) is 5.24. The fraction of sp³-hybridized carbons (Fsp3) is 0.538. The molecule has 0 spiro atoms. The average molecular weight is 318 g/mol. The minimum absolute atomic E-state index is 0.0324. The third-order valence-electron chi connectivity index (χ3n) is 3.46. The molecule has 1 aromatic heterocycles. The van der Waals surface area contributed by atoms with Gasteiger partial charge in [0.2, 0.25) is 5.56 Å². The topological polar surface area (TPSA) is 77.2 Å². The van der Waals surface area contributed by atoms with Gasteiger partial charge in [0.1, 0.15) is 6.04 Å². The highest BCUT2D eigenvalue weighted by molar-refractivity contribution is 5.93. The van der Waals surface area contributed by atoms with E-state index in [1.807, 2.05) is 0 Å². The van der Waals surface area contributed by atoms with E-state index in [2.05, 4.69) is 15.6 Å². The number of aromatic amines is 1. The van der Waals surface area contributed by atoms with E-state index in [4.69, 9.17) is 0 Å². The number of amides is 1. The van der Waals surface area contributed by atoms with Crippen molar-refractivity contribution < 1.29 is 18.0 Å². The number of alkyl halides is 3. The van der Waals surface area contributed by atoms with Crippen LogP contribution in [-0.4, -0.2) is 60.7 Å². The van der Waals surface area contributed by atoms with Crippen molar-refractivity contribution in [3.05, 3.63) is 34.2 Å². The number of piperazine rings is 1. The number of pyridine rings is 1. The predicted molar refractivity (Wildman–Crippen MR) is 73.7 cm³/mol. The molecule has 0 aliphatic carbocycles. The lowest BCUT2D eigenvalue weighted by molar-refractivity contribution is -0.183. The van der Waals surface area contributed by atoms with Gasteiger partial charge < -0.3 is 15.6 Å². The van der Waals surface area contributed by atoms with Crippen LogP contribution in [0.2, 0.25) is 0 Å². The van der Waals surface area contributed by atoms with E-state index in [9.17, 15) is 22.8 Å². The monoisotopic (exact) mass is 318 g/mol. The number of aromatic nitrogens is 1. The Morgan fingerprint density at radius 1 is 1.36 bits per heavy atom. The van der Waals surface area contributed by atoms with Crippen molar-refractivity contribution in [1.82, 2.24) is 20.5 Å². The van der Waals surface area contributed by atoms with Crippen molar-refractivity contribution in [2.75, 3.05) is 32.7 Å². The van der Waals surface area contributed by atoms with Gasteiger partial charge in [0, 0.05) is 50.6 Å². The lowest BCUT2D eigenvalue weighted by Crippen LogP contribution is -2.57. The smallest absolute Gasteiger partial charge is 0.350 e. The highest BCUT2D eigenvalue weighted by Crippen LogP contribution is 2.24. The largest absolute Gasteiger partial charge is 0.405 e. The molecule has 122 valence electrons. The second-order valence-corrected chi connectivity index (χ2v) is 5.00. The molecule has 1 aliphatic heterocycles. The van der Waals surface area contributed by atoms with Gasteiger partial charge in [0.15, 0.2) is 0 Å². The van der Waals surface area contributed by atoms with Gasteiger partial charge >= 0.3 is 6.18 Å². The summed E-state index contributed by atoms with van der Waals surface area (Å²) in [6.07, 6.45) is -3.16. The Morgan fingerprint density at radius 3 is 2.64 bits per heavy atom. The third kappa shape index (κ3) is 4.31. The van der Waals surface area contributed by atoms with Crippen LogP contribution in [0.15, 0.2) is 23.1 Å². The molecule has 0 saturated carbocycles. The molecule has 1 saturated heterocycles. The molecule has 0 radical (unpaired) electrons. The van der Waals surface area contributed by atoms with Crippen LogP contribution in [0, 0.1) is 0 Å². The molecular formula is C13H17F3N4O2. The van der Waals surface area contributed by atoms with Gasteiger partial charge in [0.05, 0.1) is 0 Å². The van der Waals surface area contributed by atoms with Crippen LogP contribution in [-0.2, 0) is 0 Å². The molecule has 0 aromatic carbocycles. The van der Waals surface area contributed by atoms with Crippen LogP contribution < -0.4 is 16.2 Å². The van der Waals surface area contributed by atoms with Crippen molar-refractivity contribution in [1.29, 1.82) is 0 Å². The molecular weight excluding hydrogens is 301 g/mol. The van der Waals surface area contributed by atoms with Gasteiger partial charge in [-0.3, -0.25) is 14.5 Å². The van der Waals surface area contributed by atoms with Gasteiger partial charge in [-0.05, 0) is 6.07 Å². The molecule has 0 bridgehead atoms. The zero-order chi connectivity index (χ0) is 16.2. The number of carbonyl (C=O) groups is 1. The molecule has 9 heteroatoms. The van der Waals surface area contributed by atoms with Crippen LogP contribution in [0.1, 0.15) is 10.4 Å². The van der Waals surface area contributed by atoms with Crippen molar-refractivity contribution in [3.8, 4) is 0 Å². The van der Waals surface area contributed by atoms with Crippen molar-refractivity contribution in [3.63, 3.8) is 0 Å². The number of hydrogen-bond acceptors (Lipinski definition) is 4. The molecule has 1 aliphatic rings. The minimum Gasteiger partial charge on any atom is -0.350 e.